The van der Waals surface area contributed by atoms with Gasteiger partial charge < -0.3 is 5.11 Å². The van der Waals surface area contributed by atoms with E-state index in [-0.39, 0.29) is 11.5 Å². The number of nitrogens with two attached hydrogens (primary N) is 1. The van der Waals surface area contributed by atoms with E-state index in [1.165, 1.54) is 28.9 Å². The van der Waals surface area contributed by atoms with Gasteiger partial charge >= 0.3 is 0 Å². The van der Waals surface area contributed by atoms with Crippen LogP contribution >= 0.6 is 0 Å². The zero-order valence-corrected chi connectivity index (χ0v) is 17.6. The van der Waals surface area contributed by atoms with Crippen LogP contribution < -0.4 is 5.14 Å². The summed E-state index contributed by atoms with van der Waals surface area (Å²) >= 11 is 0. The lowest BCUT2D eigenvalue weighted by atomic mass is 10.0. The van der Waals surface area contributed by atoms with Gasteiger partial charge in [-0.15, -0.1) is 10.2 Å². The van der Waals surface area contributed by atoms with Crippen LogP contribution in [-0.2, 0) is 22.2 Å². The number of pyridine rings is 1. The van der Waals surface area contributed by atoms with Gasteiger partial charge in [0.2, 0.25) is 15.8 Å². The lowest BCUT2D eigenvalue weighted by molar-refractivity contribution is 0.0773. The molecule has 9 nitrogen and oxygen atoms in total. The maximum Gasteiger partial charge on any atom is 0.223 e. The van der Waals surface area contributed by atoms with E-state index in [4.69, 9.17) is 5.14 Å². The first-order valence-electron chi connectivity index (χ1n) is 9.00. The number of primary sulfonamides is 1. The molecular weight excluding hydrogens is 392 g/mol. The molecule has 3 rings (SSSR count). The predicted molar refractivity (Wildman–Crippen MR) is 108 cm³/mol. The monoisotopic (exact) mass is 416 g/mol. The second-order valence-corrected chi connectivity index (χ2v) is 9.11. The Bertz CT molecular complexity index is 1150. The van der Waals surface area contributed by atoms with Gasteiger partial charge in [-0.2, -0.15) is 4.80 Å². The summed E-state index contributed by atoms with van der Waals surface area (Å²) in [5, 5.41) is 28.1. The number of aryl methyl sites for hydroxylation is 2. The molecule has 29 heavy (non-hydrogen) atoms. The fourth-order valence-corrected chi connectivity index (χ4v) is 4.11. The first-order valence-corrected chi connectivity index (χ1v) is 10.7. The molecule has 0 spiro atoms. The number of benzene rings is 1. The van der Waals surface area contributed by atoms with Crippen LogP contribution in [0.3, 0.4) is 0 Å². The Hall–Kier alpha value is -2.69. The third-order valence-electron chi connectivity index (χ3n) is 4.70. The summed E-state index contributed by atoms with van der Waals surface area (Å²) in [5.41, 5.74) is 3.43. The van der Waals surface area contributed by atoms with Crippen LogP contribution in [0.25, 0.3) is 11.5 Å². The van der Waals surface area contributed by atoms with Crippen LogP contribution in [0.15, 0.2) is 30.3 Å². The molecule has 0 radical (unpaired) electrons. The van der Waals surface area contributed by atoms with Crippen molar-refractivity contribution in [1.29, 1.82) is 0 Å². The Balaban J connectivity index is 1.88. The van der Waals surface area contributed by atoms with Crippen LogP contribution in [0, 0.1) is 20.8 Å². The van der Waals surface area contributed by atoms with E-state index in [0.717, 1.165) is 11.1 Å². The molecule has 0 saturated heterocycles. The highest BCUT2D eigenvalue weighted by atomic mass is 32.2. The molecule has 1 unspecified atom stereocenters. The van der Waals surface area contributed by atoms with Gasteiger partial charge in [-0.1, -0.05) is 23.8 Å². The summed E-state index contributed by atoms with van der Waals surface area (Å²) in [6.45, 7) is 7.97. The van der Waals surface area contributed by atoms with Crippen molar-refractivity contribution >= 4 is 10.0 Å². The zero-order valence-electron chi connectivity index (χ0n) is 16.8. The Labute approximate surface area is 169 Å². The van der Waals surface area contributed by atoms with Gasteiger partial charge in [-0.05, 0) is 61.7 Å². The lowest BCUT2D eigenvalue weighted by Crippen LogP contribution is -2.35. The number of rotatable bonds is 6. The number of tetrazole rings is 1. The van der Waals surface area contributed by atoms with Crippen molar-refractivity contribution in [2.45, 2.75) is 39.8 Å². The van der Waals surface area contributed by atoms with E-state index in [1.54, 1.807) is 12.1 Å². The summed E-state index contributed by atoms with van der Waals surface area (Å²) in [5.74, 6) is -0.372. The van der Waals surface area contributed by atoms with Crippen LogP contribution in [0.4, 0.5) is 0 Å². The molecule has 1 aromatic carbocycles. The standard InChI is InChI=1S/C19H24N6O3S/c1-12-8-13(2)14(3)15(9-12)10-25-23-18(22-24-25)16-6-5-7-17(21-16)19(4,26)11-29(20,27)28/h5-9,26H,10-11H2,1-4H3,(H2,20,27,28). The molecule has 3 N–H and O–H groups in total. The third kappa shape index (κ3) is 5.03. The van der Waals surface area contributed by atoms with Gasteiger partial charge in [0, 0.05) is 0 Å². The fraction of sp³-hybridized carbons (Fsp3) is 0.368. The molecule has 10 heteroatoms. The molecule has 3 aromatic rings. The average molecular weight is 417 g/mol. The smallest absolute Gasteiger partial charge is 0.223 e. The highest BCUT2D eigenvalue weighted by Gasteiger charge is 2.30. The van der Waals surface area contributed by atoms with Crippen molar-refractivity contribution in [1.82, 2.24) is 25.2 Å². The minimum absolute atomic E-state index is 0.158. The van der Waals surface area contributed by atoms with Gasteiger partial charge in [0.15, 0.2) is 0 Å². The van der Waals surface area contributed by atoms with E-state index in [9.17, 15) is 13.5 Å². The molecule has 0 aliphatic rings. The van der Waals surface area contributed by atoms with Crippen LogP contribution in [-0.4, -0.2) is 44.5 Å². The summed E-state index contributed by atoms with van der Waals surface area (Å²) in [6.07, 6.45) is 0. The largest absolute Gasteiger partial charge is 0.383 e. The van der Waals surface area contributed by atoms with Gasteiger partial charge in [0.1, 0.15) is 11.3 Å². The highest BCUT2D eigenvalue weighted by Crippen LogP contribution is 2.23. The molecule has 1 atom stereocenters. The molecule has 2 aromatic heterocycles. The molecule has 0 aliphatic carbocycles. The summed E-state index contributed by atoms with van der Waals surface area (Å²) in [7, 11) is -3.89. The molecule has 0 bridgehead atoms. The Morgan fingerprint density at radius 3 is 2.62 bits per heavy atom. The summed E-state index contributed by atoms with van der Waals surface area (Å²) < 4.78 is 22.8. The normalized spacial score (nSPS) is 14.0. The Kier molecular flexibility index (Phi) is 5.52. The number of nitrogens with zero attached hydrogens (tertiary/aromatic N) is 5. The minimum atomic E-state index is -3.89. The van der Waals surface area contributed by atoms with Crippen molar-refractivity contribution in [3.05, 3.63) is 58.3 Å². The number of sulfonamides is 1. The molecule has 154 valence electrons. The molecule has 0 saturated carbocycles. The molecule has 0 aliphatic heterocycles. The van der Waals surface area contributed by atoms with Crippen molar-refractivity contribution < 1.29 is 13.5 Å². The molecule has 0 amide bonds. The molecule has 0 fully saturated rings. The van der Waals surface area contributed by atoms with Crippen LogP contribution in [0.2, 0.25) is 0 Å². The maximum absolute atomic E-state index is 11.4. The first-order chi connectivity index (χ1) is 13.4. The van der Waals surface area contributed by atoms with Gasteiger partial charge in [-0.3, -0.25) is 0 Å². The fourth-order valence-electron chi connectivity index (χ4n) is 3.18. The van der Waals surface area contributed by atoms with Gasteiger partial charge in [-0.25, -0.2) is 18.5 Å². The predicted octanol–water partition coefficient (Wildman–Crippen LogP) is 1.20. The van der Waals surface area contributed by atoms with E-state index < -0.39 is 21.4 Å². The van der Waals surface area contributed by atoms with Gasteiger partial charge in [0.05, 0.1) is 18.0 Å². The number of hydrogen-bond acceptors (Lipinski definition) is 7. The molecular formula is C19H24N6O3S. The SMILES string of the molecule is Cc1cc(C)c(C)c(Cn2nnc(-c3cccc(C(C)(O)CS(N)(=O)=O)n3)n2)c1. The average Bonchev–Trinajstić information content (AvgIpc) is 3.06. The van der Waals surface area contributed by atoms with E-state index >= 15 is 0 Å². The van der Waals surface area contributed by atoms with Crippen LogP contribution in [0.1, 0.15) is 34.9 Å². The lowest BCUT2D eigenvalue weighted by Gasteiger charge is -2.21. The number of aromatic nitrogens is 5. The summed E-state index contributed by atoms with van der Waals surface area (Å²) in [4.78, 5) is 5.80. The second-order valence-electron chi connectivity index (χ2n) is 7.50. The highest BCUT2D eigenvalue weighted by molar-refractivity contribution is 7.89. The van der Waals surface area contributed by atoms with Crippen LogP contribution in [0.5, 0.6) is 0 Å². The number of hydrogen-bond donors (Lipinski definition) is 2. The Morgan fingerprint density at radius 1 is 1.21 bits per heavy atom. The summed E-state index contributed by atoms with van der Waals surface area (Å²) in [6, 6.07) is 9.05. The van der Waals surface area contributed by atoms with Crippen molar-refractivity contribution in [3.8, 4) is 11.5 Å². The third-order valence-corrected chi connectivity index (χ3v) is 5.66. The minimum Gasteiger partial charge on any atom is -0.383 e. The topological polar surface area (TPSA) is 137 Å². The van der Waals surface area contributed by atoms with E-state index in [1.807, 2.05) is 6.92 Å². The molecule has 2 heterocycles. The van der Waals surface area contributed by atoms with Crippen molar-refractivity contribution in [2.24, 2.45) is 5.14 Å². The quantitative estimate of drug-likeness (QED) is 0.616. The van der Waals surface area contributed by atoms with Crippen molar-refractivity contribution in [3.63, 3.8) is 0 Å². The number of aliphatic hydroxyl groups is 1. The second kappa shape index (κ2) is 7.62. The van der Waals surface area contributed by atoms with E-state index in [0.29, 0.717) is 12.2 Å². The zero-order chi connectivity index (χ0) is 21.4. The van der Waals surface area contributed by atoms with E-state index in [2.05, 4.69) is 46.4 Å². The Morgan fingerprint density at radius 2 is 1.93 bits per heavy atom. The van der Waals surface area contributed by atoms with Gasteiger partial charge in [0.25, 0.3) is 0 Å². The first kappa shape index (κ1) is 21.0. The van der Waals surface area contributed by atoms with Crippen molar-refractivity contribution in [2.75, 3.05) is 5.75 Å². The maximum atomic E-state index is 11.4.